The highest BCUT2D eigenvalue weighted by atomic mass is 16.5. The Bertz CT molecular complexity index is 1190. The number of carbonyl (C=O) groups is 4. The predicted octanol–water partition coefficient (Wildman–Crippen LogP) is 4.95. The van der Waals surface area contributed by atoms with E-state index in [9.17, 15) is 24.3 Å². The van der Waals surface area contributed by atoms with Gasteiger partial charge in [0.1, 0.15) is 0 Å². The number of hydrogen-bond donors (Lipinski definition) is 4. The summed E-state index contributed by atoms with van der Waals surface area (Å²) in [5.74, 6) is -1.45. The van der Waals surface area contributed by atoms with Gasteiger partial charge in [-0.3, -0.25) is 19.2 Å². The maximum Gasteiger partial charge on any atom is 0.242 e. The number of aliphatic hydroxyl groups is 1. The highest BCUT2D eigenvalue weighted by Crippen LogP contribution is 2.29. The molecule has 12 heteroatoms. The Morgan fingerprint density at radius 2 is 1.55 bits per heavy atom. The Morgan fingerprint density at radius 1 is 0.962 bits per heavy atom. The van der Waals surface area contributed by atoms with Gasteiger partial charge < -0.3 is 40.3 Å². The number of methoxy groups -OCH3 is 2. The smallest absolute Gasteiger partial charge is 0.242 e. The van der Waals surface area contributed by atoms with Crippen LogP contribution in [-0.2, 0) is 28.7 Å². The molecule has 0 saturated carbocycles. The third kappa shape index (κ3) is 15.3. The molecule has 0 radical (unpaired) electrons. The fourth-order valence-corrected chi connectivity index (χ4v) is 6.86. The number of nitrogens with zero attached hydrogens (tertiary/aromatic N) is 2. The van der Waals surface area contributed by atoms with Crippen LogP contribution in [0.1, 0.15) is 113 Å². The van der Waals surface area contributed by atoms with E-state index in [2.05, 4.69) is 29.8 Å². The summed E-state index contributed by atoms with van der Waals surface area (Å²) in [6.45, 7) is 20.1. The Hall–Kier alpha value is -3.06. The van der Waals surface area contributed by atoms with Gasteiger partial charge in [-0.05, 0) is 44.2 Å². The molecule has 306 valence electrons. The normalized spacial score (nSPS) is 18.4. The van der Waals surface area contributed by atoms with Crippen molar-refractivity contribution in [1.82, 2.24) is 25.8 Å². The van der Waals surface area contributed by atoms with E-state index in [1.807, 2.05) is 71.9 Å². The molecule has 4 amide bonds. The second-order valence-electron chi connectivity index (χ2n) is 14.2. The molecule has 2 rings (SSSR count). The van der Waals surface area contributed by atoms with E-state index in [0.29, 0.717) is 18.5 Å². The van der Waals surface area contributed by atoms with Crippen molar-refractivity contribution in [2.75, 3.05) is 41.4 Å². The average molecular weight is 750 g/mol. The molecule has 1 fully saturated rings. The molecular weight excluding hydrogens is 674 g/mol. The lowest BCUT2D eigenvalue weighted by Crippen LogP contribution is -2.55. The summed E-state index contributed by atoms with van der Waals surface area (Å²) in [6.07, 6.45) is 1.45. The number of likely N-dealkylation sites (tertiary alicyclic amines) is 1. The number of likely N-dealkylation sites (N-methyl/N-ethyl adjacent to an activating group) is 2. The molecule has 4 N–H and O–H groups in total. The van der Waals surface area contributed by atoms with Gasteiger partial charge in [0.05, 0.1) is 61.4 Å². The topological polar surface area (TPSA) is 150 Å². The van der Waals surface area contributed by atoms with Crippen LogP contribution in [0.15, 0.2) is 30.3 Å². The molecule has 12 nitrogen and oxygen atoms in total. The Morgan fingerprint density at radius 3 is 2.04 bits per heavy atom. The van der Waals surface area contributed by atoms with E-state index in [0.717, 1.165) is 12.8 Å². The van der Waals surface area contributed by atoms with Crippen molar-refractivity contribution < 1.29 is 33.8 Å². The minimum absolute atomic E-state index is 0.00571. The van der Waals surface area contributed by atoms with Crippen LogP contribution in [0.4, 0.5) is 0 Å². The van der Waals surface area contributed by atoms with Gasteiger partial charge in [-0.2, -0.15) is 0 Å². The van der Waals surface area contributed by atoms with Gasteiger partial charge in [0, 0.05) is 27.8 Å². The van der Waals surface area contributed by atoms with Gasteiger partial charge in [-0.15, -0.1) is 0 Å². The van der Waals surface area contributed by atoms with E-state index in [1.54, 1.807) is 52.0 Å². The van der Waals surface area contributed by atoms with Gasteiger partial charge >= 0.3 is 0 Å². The third-order valence-corrected chi connectivity index (χ3v) is 9.96. The van der Waals surface area contributed by atoms with E-state index >= 15 is 0 Å². The van der Waals surface area contributed by atoms with Crippen LogP contribution < -0.4 is 16.0 Å². The monoisotopic (exact) mass is 750 g/mol. The van der Waals surface area contributed by atoms with Crippen molar-refractivity contribution in [2.45, 2.75) is 144 Å². The standard InChI is InChI=1S/C36H61N5O7.C3H8.C2H6/c1-11-23(4)32(40(8)30(43)21-38-36(46)31(37-7)22(2)3)28(47-9)20-29(42)41-19-15-18-27(41)34(48-10)24(5)35(45)39-25(6)33(44)26-16-13-12-14-17-26;1-3-2;1-2/h12-14,16-17,22-25,27-28,31-34,37,44H,11,15,18-21H2,1-10H3,(H,38,46)(H,39,45);3H2,1-2H3;1-2H3. The van der Waals surface area contributed by atoms with E-state index in [1.165, 1.54) is 6.42 Å². The molecule has 1 aromatic carbocycles. The van der Waals surface area contributed by atoms with Crippen LogP contribution in [0.25, 0.3) is 0 Å². The number of ether oxygens (including phenoxy) is 2. The lowest BCUT2D eigenvalue weighted by atomic mass is 9.90. The maximum atomic E-state index is 13.9. The first-order valence-electron chi connectivity index (χ1n) is 19.7. The SMILES string of the molecule is CC.CCC.CCC(C)C(C(CC(=O)N1CCCC1C(OC)C(C)C(=O)NC(C)C(O)c1ccccc1)OC)N(C)C(=O)CNC(=O)C(NC)C(C)C. The van der Waals surface area contributed by atoms with Crippen LogP contribution >= 0.6 is 0 Å². The quantitative estimate of drug-likeness (QED) is 0.155. The first-order valence-corrected chi connectivity index (χ1v) is 19.7. The van der Waals surface area contributed by atoms with Crippen LogP contribution in [0.2, 0.25) is 0 Å². The Balaban J connectivity index is 0.00000513. The van der Waals surface area contributed by atoms with Crippen molar-refractivity contribution in [2.24, 2.45) is 17.8 Å². The minimum atomic E-state index is -0.871. The van der Waals surface area contributed by atoms with Crippen molar-refractivity contribution in [1.29, 1.82) is 0 Å². The van der Waals surface area contributed by atoms with Gasteiger partial charge in [-0.1, -0.05) is 105 Å². The van der Waals surface area contributed by atoms with E-state index in [-0.39, 0.29) is 54.5 Å². The summed E-state index contributed by atoms with van der Waals surface area (Å²) in [7, 11) is 6.50. The molecule has 0 bridgehead atoms. The highest BCUT2D eigenvalue weighted by molar-refractivity contribution is 5.87. The molecule has 9 unspecified atom stereocenters. The van der Waals surface area contributed by atoms with Crippen LogP contribution in [-0.4, -0.2) is 116 Å². The van der Waals surface area contributed by atoms with Crippen molar-refractivity contribution in [3.05, 3.63) is 35.9 Å². The molecule has 1 aromatic rings. The predicted molar refractivity (Wildman–Crippen MR) is 213 cm³/mol. The van der Waals surface area contributed by atoms with Crippen LogP contribution in [0, 0.1) is 17.8 Å². The fourth-order valence-electron chi connectivity index (χ4n) is 6.86. The first kappa shape index (κ1) is 49.9. The van der Waals surface area contributed by atoms with Crippen LogP contribution in [0.3, 0.4) is 0 Å². The lowest BCUT2D eigenvalue weighted by molar-refractivity contribution is -0.146. The summed E-state index contributed by atoms with van der Waals surface area (Å²) in [5.41, 5.74) is 0.711. The number of nitrogens with one attached hydrogen (secondary N) is 3. The molecule has 0 spiro atoms. The van der Waals surface area contributed by atoms with Crippen LogP contribution in [0.5, 0.6) is 0 Å². The van der Waals surface area contributed by atoms with E-state index in [4.69, 9.17) is 9.47 Å². The number of aliphatic hydroxyl groups excluding tert-OH is 1. The second-order valence-corrected chi connectivity index (χ2v) is 14.2. The summed E-state index contributed by atoms with van der Waals surface area (Å²) in [6, 6.07) is 7.48. The van der Waals surface area contributed by atoms with Gasteiger partial charge in [-0.25, -0.2) is 0 Å². The summed E-state index contributed by atoms with van der Waals surface area (Å²) < 4.78 is 11.8. The van der Waals surface area contributed by atoms with E-state index < -0.39 is 42.4 Å². The molecular formula is C41H75N5O7. The molecule has 1 aliphatic rings. The highest BCUT2D eigenvalue weighted by Gasteiger charge is 2.42. The van der Waals surface area contributed by atoms with Crippen molar-refractivity contribution in [3.63, 3.8) is 0 Å². The molecule has 0 aliphatic carbocycles. The fraction of sp³-hybridized carbons (Fsp3) is 0.756. The van der Waals surface area contributed by atoms with Gasteiger partial charge in [0.15, 0.2) is 0 Å². The molecule has 1 saturated heterocycles. The lowest BCUT2D eigenvalue weighted by Gasteiger charge is -2.39. The number of rotatable bonds is 19. The Labute approximate surface area is 321 Å². The third-order valence-electron chi connectivity index (χ3n) is 9.96. The molecule has 53 heavy (non-hydrogen) atoms. The molecule has 0 aromatic heterocycles. The first-order chi connectivity index (χ1) is 25.1. The Kier molecular flexibility index (Phi) is 25.1. The van der Waals surface area contributed by atoms with Gasteiger partial charge in [0.2, 0.25) is 23.6 Å². The molecule has 1 heterocycles. The zero-order valence-corrected chi connectivity index (χ0v) is 35.4. The summed E-state index contributed by atoms with van der Waals surface area (Å²) in [4.78, 5) is 56.7. The number of amides is 4. The minimum Gasteiger partial charge on any atom is -0.386 e. The second kappa shape index (κ2) is 26.7. The zero-order valence-electron chi connectivity index (χ0n) is 35.4. The number of hydrogen-bond acceptors (Lipinski definition) is 8. The summed E-state index contributed by atoms with van der Waals surface area (Å²) in [5, 5.41) is 19.4. The number of benzene rings is 1. The molecule has 1 aliphatic heterocycles. The zero-order chi connectivity index (χ0) is 40.8. The van der Waals surface area contributed by atoms with Gasteiger partial charge in [0.25, 0.3) is 0 Å². The average Bonchev–Trinajstić information content (AvgIpc) is 3.64. The largest absolute Gasteiger partial charge is 0.386 e. The number of carbonyl (C=O) groups excluding carboxylic acids is 4. The summed E-state index contributed by atoms with van der Waals surface area (Å²) >= 11 is 0. The maximum absolute atomic E-state index is 13.9. The van der Waals surface area contributed by atoms with Crippen molar-refractivity contribution >= 4 is 23.6 Å². The molecule has 9 atom stereocenters. The van der Waals surface area contributed by atoms with Crippen molar-refractivity contribution in [3.8, 4) is 0 Å².